The summed E-state index contributed by atoms with van der Waals surface area (Å²) in [5, 5.41) is 12.7. The molecule has 0 saturated carbocycles. The van der Waals surface area contributed by atoms with Crippen molar-refractivity contribution in [2.75, 3.05) is 18.8 Å². The Labute approximate surface area is 159 Å². The summed E-state index contributed by atoms with van der Waals surface area (Å²) in [7, 11) is -1.46. The molecule has 0 saturated heterocycles. The van der Waals surface area contributed by atoms with Gasteiger partial charge in [0.15, 0.2) is 0 Å². The van der Waals surface area contributed by atoms with Crippen molar-refractivity contribution in [1.29, 1.82) is 0 Å². The van der Waals surface area contributed by atoms with E-state index in [2.05, 4.69) is 10.1 Å². The lowest BCUT2D eigenvalue weighted by atomic mass is 9.72. The number of carbonyl (C=O) groups excluding carboxylic acids is 3. The molecule has 2 N–H and O–H groups in total. The van der Waals surface area contributed by atoms with Gasteiger partial charge in [-0.2, -0.15) is 11.8 Å². The Morgan fingerprint density at radius 3 is 2.81 bits per heavy atom. The van der Waals surface area contributed by atoms with Gasteiger partial charge in [0.2, 0.25) is 12.7 Å². The lowest BCUT2D eigenvalue weighted by Gasteiger charge is -2.29. The van der Waals surface area contributed by atoms with Gasteiger partial charge >= 0.3 is 19.1 Å². The fraction of sp³-hybridized carbons (Fsp3) is 0.438. The molecule has 8 nitrogen and oxygen atoms in total. The molecule has 146 valence electrons. The summed E-state index contributed by atoms with van der Waals surface area (Å²) >= 11 is 1.32. The molecule has 0 aliphatic carbocycles. The van der Waals surface area contributed by atoms with Gasteiger partial charge in [-0.1, -0.05) is 13.0 Å². The molecular formula is C16H19BFNO7S. The summed E-state index contributed by atoms with van der Waals surface area (Å²) in [6, 6.07) is 2.47. The van der Waals surface area contributed by atoms with Crippen molar-refractivity contribution in [2.45, 2.75) is 25.7 Å². The van der Waals surface area contributed by atoms with Crippen LogP contribution in [-0.4, -0.2) is 54.7 Å². The molecule has 1 unspecified atom stereocenters. The number of nitrogens with one attached hydrogen (secondary N) is 1. The molecule has 1 amide bonds. The average molecular weight is 399 g/mol. The van der Waals surface area contributed by atoms with Crippen molar-refractivity contribution in [2.24, 2.45) is 0 Å². The SMILES string of the molecule is CCC(=O)OCOC(=O)c1c(F)ccc2c1OB(O)C(NC(=O)CSC)C2. The molecule has 1 aliphatic heterocycles. The molecule has 0 aromatic heterocycles. The fourth-order valence-corrected chi connectivity index (χ4v) is 2.80. The van der Waals surface area contributed by atoms with Gasteiger partial charge in [0.1, 0.15) is 17.1 Å². The third-order valence-electron chi connectivity index (χ3n) is 3.74. The number of thioether (sulfide) groups is 1. The average Bonchev–Trinajstić information content (AvgIpc) is 2.62. The number of halogens is 1. The van der Waals surface area contributed by atoms with Gasteiger partial charge < -0.3 is 24.5 Å². The van der Waals surface area contributed by atoms with Crippen LogP contribution in [0.4, 0.5) is 4.39 Å². The number of ether oxygens (including phenoxy) is 2. The quantitative estimate of drug-likeness (QED) is 0.392. The van der Waals surface area contributed by atoms with Crippen LogP contribution in [0.2, 0.25) is 0 Å². The standard InChI is InChI=1S/C16H19BFNO7S/c1-3-13(21)24-8-25-16(22)14-10(18)5-4-9-6-11(17(23)26-15(9)14)19-12(20)7-27-2/h4-5,11,23H,3,6-8H2,1-2H3,(H,19,20). The molecule has 1 atom stereocenters. The van der Waals surface area contributed by atoms with Gasteiger partial charge in [-0.05, 0) is 24.3 Å². The van der Waals surface area contributed by atoms with Crippen LogP contribution in [0.25, 0.3) is 0 Å². The first-order valence-corrected chi connectivity index (χ1v) is 9.53. The highest BCUT2D eigenvalue weighted by molar-refractivity contribution is 7.99. The first-order valence-electron chi connectivity index (χ1n) is 8.14. The molecule has 1 aromatic carbocycles. The Morgan fingerprint density at radius 2 is 2.15 bits per heavy atom. The van der Waals surface area contributed by atoms with Crippen molar-refractivity contribution in [3.8, 4) is 5.75 Å². The van der Waals surface area contributed by atoms with E-state index in [1.807, 2.05) is 0 Å². The van der Waals surface area contributed by atoms with E-state index in [0.29, 0.717) is 5.56 Å². The minimum Gasteiger partial charge on any atom is -0.534 e. The predicted molar refractivity (Wildman–Crippen MR) is 95.7 cm³/mol. The lowest BCUT2D eigenvalue weighted by molar-refractivity contribution is -0.151. The third kappa shape index (κ3) is 5.36. The molecule has 2 rings (SSSR count). The monoisotopic (exact) mass is 399 g/mol. The third-order valence-corrected chi connectivity index (χ3v) is 4.29. The number of carbonyl (C=O) groups is 3. The first kappa shape index (κ1) is 21.0. The van der Waals surface area contributed by atoms with Crippen LogP contribution in [0.1, 0.15) is 29.3 Å². The summed E-state index contributed by atoms with van der Waals surface area (Å²) < 4.78 is 28.8. The second-order valence-electron chi connectivity index (χ2n) is 5.65. The Morgan fingerprint density at radius 1 is 1.41 bits per heavy atom. The van der Waals surface area contributed by atoms with E-state index < -0.39 is 43.2 Å². The van der Waals surface area contributed by atoms with E-state index in [1.165, 1.54) is 17.8 Å². The van der Waals surface area contributed by atoms with Crippen LogP contribution >= 0.6 is 11.8 Å². The van der Waals surface area contributed by atoms with E-state index in [9.17, 15) is 23.8 Å². The molecule has 0 spiro atoms. The molecule has 1 heterocycles. The molecule has 0 fully saturated rings. The van der Waals surface area contributed by atoms with Crippen LogP contribution in [0.5, 0.6) is 5.75 Å². The Balaban J connectivity index is 2.15. The van der Waals surface area contributed by atoms with E-state index in [4.69, 9.17) is 9.39 Å². The van der Waals surface area contributed by atoms with Crippen LogP contribution in [0.15, 0.2) is 12.1 Å². The van der Waals surface area contributed by atoms with Crippen LogP contribution < -0.4 is 9.97 Å². The molecule has 0 bridgehead atoms. The number of hydrogen-bond donors (Lipinski definition) is 2. The maximum absolute atomic E-state index is 14.2. The lowest BCUT2D eigenvalue weighted by Crippen LogP contribution is -2.53. The van der Waals surface area contributed by atoms with Gasteiger partial charge in [0.25, 0.3) is 0 Å². The van der Waals surface area contributed by atoms with E-state index in [1.54, 1.807) is 13.2 Å². The zero-order chi connectivity index (χ0) is 20.0. The number of amides is 1. The summed E-state index contributed by atoms with van der Waals surface area (Å²) in [5.41, 5.74) is -0.0818. The highest BCUT2D eigenvalue weighted by Crippen LogP contribution is 2.32. The number of hydrogen-bond acceptors (Lipinski definition) is 8. The van der Waals surface area contributed by atoms with Crippen molar-refractivity contribution in [1.82, 2.24) is 5.32 Å². The summed E-state index contributed by atoms with van der Waals surface area (Å²) in [4.78, 5) is 35.0. The van der Waals surface area contributed by atoms with Crippen LogP contribution in [-0.2, 0) is 25.5 Å². The second kappa shape index (κ2) is 9.61. The zero-order valence-corrected chi connectivity index (χ0v) is 15.6. The molecule has 1 aromatic rings. The number of rotatable bonds is 7. The van der Waals surface area contributed by atoms with E-state index >= 15 is 0 Å². The second-order valence-corrected chi connectivity index (χ2v) is 6.52. The number of fused-ring (bicyclic) bond motifs is 1. The smallest absolute Gasteiger partial charge is 0.534 e. The maximum atomic E-state index is 14.2. The summed E-state index contributed by atoms with van der Waals surface area (Å²) in [6.45, 7) is 0.908. The highest BCUT2D eigenvalue weighted by Gasteiger charge is 2.39. The fourth-order valence-electron chi connectivity index (χ4n) is 2.45. The van der Waals surface area contributed by atoms with Crippen molar-refractivity contribution in [3.63, 3.8) is 0 Å². The Kier molecular flexibility index (Phi) is 7.49. The van der Waals surface area contributed by atoms with Crippen molar-refractivity contribution < 1.29 is 37.9 Å². The highest BCUT2D eigenvalue weighted by atomic mass is 32.2. The number of benzene rings is 1. The van der Waals surface area contributed by atoms with Gasteiger partial charge in [0.05, 0.1) is 11.7 Å². The Hall–Kier alpha value is -2.27. The van der Waals surface area contributed by atoms with Gasteiger partial charge in [-0.25, -0.2) is 9.18 Å². The molecule has 0 radical (unpaired) electrons. The largest absolute Gasteiger partial charge is 0.547 e. The van der Waals surface area contributed by atoms with E-state index in [0.717, 1.165) is 6.07 Å². The molecule has 11 heteroatoms. The van der Waals surface area contributed by atoms with Crippen LogP contribution in [0, 0.1) is 5.82 Å². The number of esters is 2. The minimum absolute atomic E-state index is 0.103. The topological polar surface area (TPSA) is 111 Å². The van der Waals surface area contributed by atoms with Gasteiger partial charge in [-0.3, -0.25) is 9.59 Å². The molecule has 1 aliphatic rings. The van der Waals surface area contributed by atoms with Gasteiger partial charge in [-0.15, -0.1) is 0 Å². The van der Waals surface area contributed by atoms with Crippen LogP contribution in [0.3, 0.4) is 0 Å². The molecule has 27 heavy (non-hydrogen) atoms. The summed E-state index contributed by atoms with van der Waals surface area (Å²) in [6.07, 6.45) is 2.01. The summed E-state index contributed by atoms with van der Waals surface area (Å²) in [5.74, 6) is -3.54. The van der Waals surface area contributed by atoms with Crippen molar-refractivity contribution >= 4 is 36.7 Å². The zero-order valence-electron chi connectivity index (χ0n) is 14.8. The predicted octanol–water partition coefficient (Wildman–Crippen LogP) is 0.696. The normalized spacial score (nSPS) is 15.4. The maximum Gasteiger partial charge on any atom is 0.547 e. The minimum atomic E-state index is -1.46. The van der Waals surface area contributed by atoms with E-state index in [-0.39, 0.29) is 30.3 Å². The Bertz CT molecular complexity index is 733. The van der Waals surface area contributed by atoms with Gasteiger partial charge in [0, 0.05) is 6.42 Å². The first-order chi connectivity index (χ1) is 12.9. The molecular weight excluding hydrogens is 380 g/mol. The van der Waals surface area contributed by atoms with Crippen molar-refractivity contribution in [3.05, 3.63) is 29.1 Å².